The molecule has 3 rings (SSSR count). The van der Waals surface area contributed by atoms with E-state index in [1.165, 1.54) is 11.2 Å². The fraction of sp³-hybridized carbons (Fsp3) is 0.357. The molecule has 6 nitrogen and oxygen atoms in total. The number of H-pyrrole nitrogens is 1. The smallest absolute Gasteiger partial charge is 0.266 e. The molecule has 1 atom stereocenters. The molecule has 1 aliphatic heterocycles. The van der Waals surface area contributed by atoms with Crippen LogP contribution in [0.2, 0.25) is 0 Å². The molecule has 0 bridgehead atoms. The largest absolute Gasteiger partial charge is 0.369 e. The number of halogens is 2. The predicted octanol–water partition coefficient (Wildman–Crippen LogP) is 1.58. The minimum absolute atomic E-state index is 0.0969. The third-order valence-corrected chi connectivity index (χ3v) is 3.48. The number of ether oxygens (including phenoxy) is 1. The van der Waals surface area contributed by atoms with Crippen LogP contribution in [-0.2, 0) is 4.74 Å². The Bertz CT molecular complexity index is 631. The van der Waals surface area contributed by atoms with Crippen molar-refractivity contribution in [1.82, 2.24) is 20.1 Å². The van der Waals surface area contributed by atoms with Crippen LogP contribution in [0.15, 0.2) is 30.6 Å². The highest BCUT2D eigenvalue weighted by Gasteiger charge is 2.30. The highest BCUT2D eigenvalue weighted by Crippen LogP contribution is 2.18. The summed E-state index contributed by atoms with van der Waals surface area (Å²) in [6, 6.07) is 6.76. The quantitative estimate of drug-likeness (QED) is 0.934. The summed E-state index contributed by atoms with van der Waals surface area (Å²) in [5.74, 6) is 0.321. The minimum Gasteiger partial charge on any atom is -0.369 e. The second-order valence-electron chi connectivity index (χ2n) is 4.91. The Morgan fingerprint density at radius 2 is 2.14 bits per heavy atom. The summed E-state index contributed by atoms with van der Waals surface area (Å²) >= 11 is 0. The Kier molecular flexibility index (Phi) is 4.10. The van der Waals surface area contributed by atoms with E-state index in [0.29, 0.717) is 17.9 Å². The Hall–Kier alpha value is -2.35. The zero-order chi connectivity index (χ0) is 15.5. The van der Waals surface area contributed by atoms with E-state index in [-0.39, 0.29) is 19.1 Å². The molecule has 0 radical (unpaired) electrons. The van der Waals surface area contributed by atoms with Crippen LogP contribution in [0.3, 0.4) is 0 Å². The molecule has 1 aromatic heterocycles. The first-order valence-corrected chi connectivity index (χ1v) is 6.80. The lowest BCUT2D eigenvalue weighted by Gasteiger charge is -2.32. The molecule has 1 saturated heterocycles. The van der Waals surface area contributed by atoms with Crippen LogP contribution in [0, 0.1) is 0 Å². The van der Waals surface area contributed by atoms with Gasteiger partial charge < -0.3 is 9.64 Å². The number of nitrogens with one attached hydrogen (secondary N) is 1. The molecule has 22 heavy (non-hydrogen) atoms. The van der Waals surface area contributed by atoms with Gasteiger partial charge in [-0.05, 0) is 12.1 Å². The average Bonchev–Trinajstić information content (AvgIpc) is 3.09. The van der Waals surface area contributed by atoms with Gasteiger partial charge in [-0.3, -0.25) is 9.89 Å². The van der Waals surface area contributed by atoms with Gasteiger partial charge in [0.1, 0.15) is 12.4 Å². The number of amides is 1. The molecule has 1 N–H and O–H groups in total. The van der Waals surface area contributed by atoms with Gasteiger partial charge in [-0.2, -0.15) is 5.10 Å². The van der Waals surface area contributed by atoms with Gasteiger partial charge in [0.05, 0.1) is 13.2 Å². The van der Waals surface area contributed by atoms with Crippen molar-refractivity contribution in [3.05, 3.63) is 36.2 Å². The number of benzene rings is 1. The number of alkyl halides is 2. The van der Waals surface area contributed by atoms with Crippen molar-refractivity contribution in [2.24, 2.45) is 0 Å². The van der Waals surface area contributed by atoms with Gasteiger partial charge >= 0.3 is 0 Å². The Morgan fingerprint density at radius 3 is 2.77 bits per heavy atom. The van der Waals surface area contributed by atoms with Crippen molar-refractivity contribution in [2.75, 3.05) is 19.7 Å². The Labute approximate surface area is 125 Å². The van der Waals surface area contributed by atoms with Crippen molar-refractivity contribution in [3.8, 4) is 11.4 Å². The third kappa shape index (κ3) is 2.96. The Morgan fingerprint density at radius 1 is 1.36 bits per heavy atom. The topological polar surface area (TPSA) is 71.1 Å². The summed E-state index contributed by atoms with van der Waals surface area (Å²) in [6.45, 7) is 0.336. The number of rotatable bonds is 3. The molecular formula is C14H14F2N4O2. The van der Waals surface area contributed by atoms with Gasteiger partial charge in [0.15, 0.2) is 5.82 Å². The van der Waals surface area contributed by atoms with Crippen LogP contribution >= 0.6 is 0 Å². The number of carbonyl (C=O) groups excluding carboxylic acids is 1. The number of carbonyl (C=O) groups is 1. The van der Waals surface area contributed by atoms with E-state index in [1.807, 2.05) is 0 Å². The fourth-order valence-corrected chi connectivity index (χ4v) is 2.31. The van der Waals surface area contributed by atoms with Gasteiger partial charge in [-0.15, -0.1) is 0 Å². The van der Waals surface area contributed by atoms with Crippen molar-refractivity contribution in [2.45, 2.75) is 12.5 Å². The van der Waals surface area contributed by atoms with Crippen LogP contribution in [0.1, 0.15) is 10.4 Å². The lowest BCUT2D eigenvalue weighted by molar-refractivity contribution is -0.0942. The second-order valence-corrected chi connectivity index (χ2v) is 4.91. The standard InChI is InChI=1S/C14H14F2N4O2/c15-12(16)11-7-20(5-6-22-11)14(21)10-3-1-9(2-4-10)13-17-8-18-19-13/h1-4,8,11-12H,5-7H2,(H,17,18,19). The molecule has 1 unspecified atom stereocenters. The van der Waals surface area contributed by atoms with E-state index in [9.17, 15) is 13.6 Å². The molecule has 0 spiro atoms. The first-order chi connectivity index (χ1) is 10.6. The van der Waals surface area contributed by atoms with E-state index in [0.717, 1.165) is 5.56 Å². The molecule has 0 saturated carbocycles. The van der Waals surface area contributed by atoms with Crippen LogP contribution < -0.4 is 0 Å². The van der Waals surface area contributed by atoms with Crippen LogP contribution in [0.4, 0.5) is 8.78 Å². The summed E-state index contributed by atoms with van der Waals surface area (Å²) in [5, 5.41) is 6.49. The zero-order valence-electron chi connectivity index (χ0n) is 11.6. The third-order valence-electron chi connectivity index (χ3n) is 3.48. The molecule has 116 valence electrons. The maximum Gasteiger partial charge on any atom is 0.266 e. The number of aromatic nitrogens is 3. The number of aromatic amines is 1. The normalized spacial score (nSPS) is 18.7. The van der Waals surface area contributed by atoms with E-state index >= 15 is 0 Å². The van der Waals surface area contributed by atoms with Crippen LogP contribution in [0.5, 0.6) is 0 Å². The van der Waals surface area contributed by atoms with Crippen LogP contribution in [0.25, 0.3) is 11.4 Å². The second kappa shape index (κ2) is 6.18. The molecule has 1 amide bonds. The maximum absolute atomic E-state index is 12.7. The predicted molar refractivity (Wildman–Crippen MR) is 73.5 cm³/mol. The SMILES string of the molecule is O=C(c1ccc(-c2ncn[nH]2)cc1)N1CCOC(C(F)F)C1. The van der Waals surface area contributed by atoms with Crippen LogP contribution in [-0.4, -0.2) is 58.2 Å². The number of nitrogens with zero attached hydrogens (tertiary/aromatic N) is 3. The average molecular weight is 308 g/mol. The molecule has 2 heterocycles. The summed E-state index contributed by atoms with van der Waals surface area (Å²) in [6.07, 6.45) is -2.41. The number of hydrogen-bond acceptors (Lipinski definition) is 4. The van der Waals surface area contributed by atoms with Gasteiger partial charge in [0, 0.05) is 17.7 Å². The van der Waals surface area contributed by atoms with E-state index in [4.69, 9.17) is 4.74 Å². The summed E-state index contributed by atoms with van der Waals surface area (Å²) in [4.78, 5) is 17.8. The van der Waals surface area contributed by atoms with Gasteiger partial charge in [0.25, 0.3) is 12.3 Å². The molecular weight excluding hydrogens is 294 g/mol. The Balaban J connectivity index is 1.72. The van der Waals surface area contributed by atoms with E-state index in [1.54, 1.807) is 24.3 Å². The van der Waals surface area contributed by atoms with Crippen molar-refractivity contribution in [1.29, 1.82) is 0 Å². The highest BCUT2D eigenvalue weighted by atomic mass is 19.3. The maximum atomic E-state index is 12.7. The summed E-state index contributed by atoms with van der Waals surface area (Å²) in [5.41, 5.74) is 1.24. The molecule has 1 fully saturated rings. The van der Waals surface area contributed by atoms with Gasteiger partial charge in [-0.1, -0.05) is 12.1 Å². The molecule has 1 aromatic carbocycles. The summed E-state index contributed by atoms with van der Waals surface area (Å²) in [7, 11) is 0. The molecule has 2 aromatic rings. The minimum atomic E-state index is -2.59. The van der Waals surface area contributed by atoms with E-state index in [2.05, 4.69) is 15.2 Å². The highest BCUT2D eigenvalue weighted by molar-refractivity contribution is 5.94. The fourth-order valence-electron chi connectivity index (χ4n) is 2.31. The van der Waals surface area contributed by atoms with Crippen molar-refractivity contribution < 1.29 is 18.3 Å². The zero-order valence-corrected chi connectivity index (χ0v) is 11.6. The lowest BCUT2D eigenvalue weighted by Crippen LogP contribution is -2.48. The molecule has 1 aliphatic rings. The summed E-state index contributed by atoms with van der Waals surface area (Å²) < 4.78 is 30.3. The van der Waals surface area contributed by atoms with Crippen molar-refractivity contribution in [3.63, 3.8) is 0 Å². The van der Waals surface area contributed by atoms with Crippen molar-refractivity contribution >= 4 is 5.91 Å². The van der Waals surface area contributed by atoms with Gasteiger partial charge in [-0.25, -0.2) is 13.8 Å². The van der Waals surface area contributed by atoms with E-state index < -0.39 is 12.5 Å². The molecule has 0 aliphatic carbocycles. The first-order valence-electron chi connectivity index (χ1n) is 6.80. The first kappa shape index (κ1) is 14.6. The lowest BCUT2D eigenvalue weighted by atomic mass is 10.1. The van der Waals surface area contributed by atoms with Gasteiger partial charge in [0.2, 0.25) is 0 Å². The number of morpholine rings is 1. The monoisotopic (exact) mass is 308 g/mol. The number of hydrogen-bond donors (Lipinski definition) is 1. The molecule has 8 heteroatoms.